The molecule has 0 bridgehead atoms. The average Bonchev–Trinajstić information content (AvgIpc) is 3.22. The summed E-state index contributed by atoms with van der Waals surface area (Å²) in [7, 11) is 0. The van der Waals surface area contributed by atoms with Crippen LogP contribution in [-0.2, 0) is 4.74 Å². The van der Waals surface area contributed by atoms with Gasteiger partial charge in [-0.2, -0.15) is 0 Å². The molecule has 1 saturated heterocycles. The molecule has 3 aromatic rings. The fraction of sp³-hybridized carbons (Fsp3) is 0.286. The number of pyridine rings is 2. The molecule has 2 aliphatic rings. The molecule has 1 fully saturated rings. The first-order chi connectivity index (χ1) is 14.2. The van der Waals surface area contributed by atoms with E-state index in [1.54, 1.807) is 11.1 Å². The molecule has 1 amide bonds. The van der Waals surface area contributed by atoms with Gasteiger partial charge in [0.1, 0.15) is 0 Å². The zero-order chi connectivity index (χ0) is 19.8. The van der Waals surface area contributed by atoms with Crippen molar-refractivity contribution in [1.82, 2.24) is 14.9 Å². The Hall–Kier alpha value is -3.10. The number of ether oxygens (including phenoxy) is 3. The molecule has 4 heterocycles. The highest BCUT2D eigenvalue weighted by Gasteiger charge is 2.24. The third kappa shape index (κ3) is 3.71. The number of carbonyl (C=O) groups is 1. The zero-order valence-electron chi connectivity index (χ0n) is 16.4. The molecule has 8 nitrogen and oxygen atoms in total. The molecule has 156 valence electrons. The van der Waals surface area contributed by atoms with Gasteiger partial charge in [0, 0.05) is 42.1 Å². The van der Waals surface area contributed by atoms with Gasteiger partial charge in [-0.15, -0.1) is 12.4 Å². The molecule has 0 aliphatic carbocycles. The predicted octanol–water partition coefficient (Wildman–Crippen LogP) is 3.30. The number of aryl methyl sites for hydroxylation is 1. The number of carbonyl (C=O) groups excluding carboxylic acids is 1. The summed E-state index contributed by atoms with van der Waals surface area (Å²) in [6, 6.07) is 9.46. The van der Waals surface area contributed by atoms with Crippen LogP contribution in [-0.4, -0.2) is 53.9 Å². The number of nitrogens with one attached hydrogen (secondary N) is 1. The summed E-state index contributed by atoms with van der Waals surface area (Å²) >= 11 is 0. The molecule has 0 unspecified atom stereocenters. The third-order valence-electron chi connectivity index (χ3n) is 5.04. The number of hydrogen-bond donors (Lipinski definition) is 1. The predicted molar refractivity (Wildman–Crippen MR) is 114 cm³/mol. The molecule has 9 heteroatoms. The number of fused-ring (bicyclic) bond motifs is 2. The van der Waals surface area contributed by atoms with Gasteiger partial charge in [-0.1, -0.05) is 0 Å². The number of nitrogens with zero attached hydrogens (tertiary/aromatic N) is 3. The Labute approximate surface area is 179 Å². The number of morpholine rings is 1. The number of amides is 1. The van der Waals surface area contributed by atoms with E-state index in [9.17, 15) is 4.79 Å². The number of rotatable bonds is 3. The van der Waals surface area contributed by atoms with Crippen molar-refractivity contribution in [2.75, 3.05) is 38.4 Å². The summed E-state index contributed by atoms with van der Waals surface area (Å²) < 4.78 is 16.2. The maximum absolute atomic E-state index is 13.2. The summed E-state index contributed by atoms with van der Waals surface area (Å²) in [5, 5.41) is 4.18. The lowest BCUT2D eigenvalue weighted by Gasteiger charge is -2.27. The first-order valence-corrected chi connectivity index (χ1v) is 9.49. The van der Waals surface area contributed by atoms with Crippen molar-refractivity contribution in [2.24, 2.45) is 0 Å². The molecular formula is C21H21ClN4O4. The average molecular weight is 429 g/mol. The molecule has 0 atom stereocenters. The zero-order valence-corrected chi connectivity index (χ0v) is 17.2. The van der Waals surface area contributed by atoms with Crippen LogP contribution in [0, 0.1) is 6.92 Å². The minimum Gasteiger partial charge on any atom is -0.454 e. The number of benzene rings is 1. The molecule has 5 rings (SSSR count). The summed E-state index contributed by atoms with van der Waals surface area (Å²) in [6.45, 7) is 4.33. The Morgan fingerprint density at radius 1 is 1.10 bits per heavy atom. The second kappa shape index (κ2) is 8.33. The van der Waals surface area contributed by atoms with Gasteiger partial charge in [-0.3, -0.25) is 4.79 Å². The maximum atomic E-state index is 13.2. The van der Waals surface area contributed by atoms with Crippen LogP contribution in [0.3, 0.4) is 0 Å². The van der Waals surface area contributed by atoms with Gasteiger partial charge >= 0.3 is 0 Å². The van der Waals surface area contributed by atoms with Crippen LogP contribution in [0.25, 0.3) is 11.0 Å². The highest BCUT2D eigenvalue weighted by atomic mass is 35.5. The van der Waals surface area contributed by atoms with Gasteiger partial charge in [0.2, 0.25) is 6.79 Å². The van der Waals surface area contributed by atoms with E-state index in [1.807, 2.05) is 37.3 Å². The number of aromatic nitrogens is 2. The Morgan fingerprint density at radius 2 is 1.90 bits per heavy atom. The largest absolute Gasteiger partial charge is 0.454 e. The van der Waals surface area contributed by atoms with E-state index < -0.39 is 0 Å². The van der Waals surface area contributed by atoms with Gasteiger partial charge in [0.05, 0.1) is 24.5 Å². The van der Waals surface area contributed by atoms with Crippen molar-refractivity contribution >= 4 is 40.7 Å². The lowest BCUT2D eigenvalue weighted by Crippen LogP contribution is -2.41. The number of hydrogen-bond acceptors (Lipinski definition) is 7. The molecule has 1 N–H and O–H groups in total. The first kappa shape index (κ1) is 20.2. The highest BCUT2D eigenvalue weighted by Crippen LogP contribution is 2.37. The Bertz CT molecular complexity index is 1100. The summed E-state index contributed by atoms with van der Waals surface area (Å²) in [4.78, 5) is 24.0. The van der Waals surface area contributed by atoms with E-state index in [2.05, 4.69) is 15.3 Å². The first-order valence-electron chi connectivity index (χ1n) is 9.49. The molecular weight excluding hydrogens is 408 g/mol. The van der Waals surface area contributed by atoms with Crippen LogP contribution in [0.1, 0.15) is 16.1 Å². The Morgan fingerprint density at radius 3 is 2.73 bits per heavy atom. The smallest absolute Gasteiger partial charge is 0.257 e. The minimum atomic E-state index is -0.0773. The summed E-state index contributed by atoms with van der Waals surface area (Å²) in [6.07, 6.45) is 1.60. The second-order valence-electron chi connectivity index (χ2n) is 6.97. The molecule has 0 radical (unpaired) electrons. The van der Waals surface area contributed by atoms with Crippen molar-refractivity contribution < 1.29 is 19.0 Å². The summed E-state index contributed by atoms with van der Waals surface area (Å²) in [5.74, 6) is 1.30. The van der Waals surface area contributed by atoms with Gasteiger partial charge in [0.15, 0.2) is 17.1 Å². The van der Waals surface area contributed by atoms with Gasteiger partial charge in [0.25, 0.3) is 5.91 Å². The van der Waals surface area contributed by atoms with Crippen molar-refractivity contribution in [2.45, 2.75) is 6.92 Å². The van der Waals surface area contributed by atoms with E-state index in [-0.39, 0.29) is 25.1 Å². The van der Waals surface area contributed by atoms with Crippen molar-refractivity contribution in [3.63, 3.8) is 0 Å². The van der Waals surface area contributed by atoms with Crippen LogP contribution >= 0.6 is 12.4 Å². The molecule has 1 aromatic carbocycles. The fourth-order valence-corrected chi connectivity index (χ4v) is 3.52. The molecule has 30 heavy (non-hydrogen) atoms. The molecule has 0 spiro atoms. The molecule has 0 saturated carbocycles. The quantitative estimate of drug-likeness (QED) is 0.684. The van der Waals surface area contributed by atoms with E-state index in [0.29, 0.717) is 54.7 Å². The fourth-order valence-electron chi connectivity index (χ4n) is 3.52. The molecule has 2 aliphatic heterocycles. The standard InChI is InChI=1S/C21H20N4O4.ClH/c1-13-2-4-15-19(24-14-3-5-17-18(10-14)29-12-28-17)16(11-22-20(15)23-13)21(26)25-6-8-27-9-7-25;/h2-5,10-11H,6-9,12H2,1H3,(H,22,23,24);1H. The van der Waals surface area contributed by atoms with E-state index in [1.165, 1.54) is 0 Å². The van der Waals surface area contributed by atoms with E-state index >= 15 is 0 Å². The van der Waals surface area contributed by atoms with Crippen LogP contribution in [0.2, 0.25) is 0 Å². The highest BCUT2D eigenvalue weighted by molar-refractivity contribution is 6.07. The number of anilines is 2. The van der Waals surface area contributed by atoms with E-state index in [4.69, 9.17) is 14.2 Å². The van der Waals surface area contributed by atoms with Gasteiger partial charge in [-0.25, -0.2) is 9.97 Å². The summed E-state index contributed by atoms with van der Waals surface area (Å²) in [5.41, 5.74) is 3.43. The monoisotopic (exact) mass is 428 g/mol. The van der Waals surface area contributed by atoms with E-state index in [0.717, 1.165) is 16.8 Å². The second-order valence-corrected chi connectivity index (χ2v) is 6.97. The Balaban J connectivity index is 0.00000218. The Kier molecular flexibility index (Phi) is 5.61. The molecule has 2 aromatic heterocycles. The lowest BCUT2D eigenvalue weighted by molar-refractivity contribution is 0.0303. The SMILES string of the molecule is Cc1ccc2c(Nc3ccc4c(c3)OCO4)c(C(=O)N3CCOCC3)cnc2n1.Cl. The maximum Gasteiger partial charge on any atom is 0.257 e. The minimum absolute atomic E-state index is 0. The van der Waals surface area contributed by atoms with Gasteiger partial charge in [-0.05, 0) is 31.2 Å². The van der Waals surface area contributed by atoms with Gasteiger partial charge < -0.3 is 24.4 Å². The van der Waals surface area contributed by atoms with Crippen LogP contribution in [0.4, 0.5) is 11.4 Å². The van der Waals surface area contributed by atoms with Crippen molar-refractivity contribution in [3.8, 4) is 11.5 Å². The van der Waals surface area contributed by atoms with Crippen molar-refractivity contribution in [1.29, 1.82) is 0 Å². The van der Waals surface area contributed by atoms with Crippen LogP contribution < -0.4 is 14.8 Å². The van der Waals surface area contributed by atoms with Crippen LogP contribution in [0.15, 0.2) is 36.5 Å². The lowest BCUT2D eigenvalue weighted by atomic mass is 10.1. The third-order valence-corrected chi connectivity index (χ3v) is 5.04. The number of halogens is 1. The topological polar surface area (TPSA) is 85.8 Å². The van der Waals surface area contributed by atoms with Crippen LogP contribution in [0.5, 0.6) is 11.5 Å². The van der Waals surface area contributed by atoms with Crippen molar-refractivity contribution in [3.05, 3.63) is 47.8 Å². The normalized spacial score (nSPS) is 15.0.